The zero-order chi connectivity index (χ0) is 11.4. The summed E-state index contributed by atoms with van der Waals surface area (Å²) in [7, 11) is 1.36. The average Bonchev–Trinajstić information content (AvgIpc) is 2.23. The maximum atomic E-state index is 11.3. The number of benzene rings is 1. The standard InChI is InChI=1S/C12H16O3/c1-8-6-11(12(14)15-3)7-10(4-5-13)9(8)2/h6-7,13H,4-5H2,1-3H3. The highest BCUT2D eigenvalue weighted by Crippen LogP contribution is 2.17. The van der Waals surface area contributed by atoms with Gasteiger partial charge in [0.2, 0.25) is 0 Å². The lowest BCUT2D eigenvalue weighted by Crippen LogP contribution is -2.05. The first-order valence-electron chi connectivity index (χ1n) is 4.89. The number of ether oxygens (including phenoxy) is 1. The molecule has 0 spiro atoms. The smallest absolute Gasteiger partial charge is 0.337 e. The molecular formula is C12H16O3. The highest BCUT2D eigenvalue weighted by atomic mass is 16.5. The molecule has 0 aliphatic heterocycles. The van der Waals surface area contributed by atoms with E-state index in [2.05, 4.69) is 4.74 Å². The number of esters is 1. The largest absolute Gasteiger partial charge is 0.465 e. The van der Waals surface area contributed by atoms with E-state index in [4.69, 9.17) is 5.11 Å². The monoisotopic (exact) mass is 208 g/mol. The summed E-state index contributed by atoms with van der Waals surface area (Å²) in [5.41, 5.74) is 3.71. The number of methoxy groups -OCH3 is 1. The van der Waals surface area contributed by atoms with Crippen LogP contribution in [0.1, 0.15) is 27.0 Å². The van der Waals surface area contributed by atoms with Crippen LogP contribution in [0.25, 0.3) is 0 Å². The molecule has 0 amide bonds. The molecule has 0 aromatic heterocycles. The second kappa shape index (κ2) is 4.94. The molecule has 0 saturated heterocycles. The number of rotatable bonds is 3. The normalized spacial score (nSPS) is 10.1. The van der Waals surface area contributed by atoms with Gasteiger partial charge in [0.15, 0.2) is 0 Å². The second-order valence-corrected chi connectivity index (χ2v) is 3.54. The minimum absolute atomic E-state index is 0.0882. The van der Waals surface area contributed by atoms with Crippen molar-refractivity contribution in [3.8, 4) is 0 Å². The fourth-order valence-electron chi connectivity index (χ4n) is 1.55. The highest BCUT2D eigenvalue weighted by Gasteiger charge is 2.10. The third-order valence-electron chi connectivity index (χ3n) is 2.58. The van der Waals surface area contributed by atoms with Crippen LogP contribution >= 0.6 is 0 Å². The van der Waals surface area contributed by atoms with Gasteiger partial charge in [0.1, 0.15) is 0 Å². The van der Waals surface area contributed by atoms with E-state index in [1.54, 1.807) is 6.07 Å². The van der Waals surface area contributed by atoms with Crippen molar-refractivity contribution >= 4 is 5.97 Å². The topological polar surface area (TPSA) is 46.5 Å². The Balaban J connectivity index is 3.16. The summed E-state index contributed by atoms with van der Waals surface area (Å²) in [5.74, 6) is -0.336. The van der Waals surface area contributed by atoms with Crippen LogP contribution in [0.15, 0.2) is 12.1 Å². The molecular weight excluding hydrogens is 192 g/mol. The first-order valence-corrected chi connectivity index (χ1v) is 4.89. The van der Waals surface area contributed by atoms with Gasteiger partial charge in [-0.15, -0.1) is 0 Å². The zero-order valence-electron chi connectivity index (χ0n) is 9.33. The zero-order valence-corrected chi connectivity index (χ0v) is 9.33. The van der Waals surface area contributed by atoms with Crippen molar-refractivity contribution in [2.24, 2.45) is 0 Å². The Bertz CT molecular complexity index is 369. The van der Waals surface area contributed by atoms with E-state index < -0.39 is 0 Å². The molecule has 0 bridgehead atoms. The minimum Gasteiger partial charge on any atom is -0.465 e. The van der Waals surface area contributed by atoms with E-state index in [-0.39, 0.29) is 12.6 Å². The third kappa shape index (κ3) is 2.57. The van der Waals surface area contributed by atoms with Crippen LogP contribution in [0.2, 0.25) is 0 Å². The fourth-order valence-corrected chi connectivity index (χ4v) is 1.55. The molecule has 0 saturated carbocycles. The summed E-state index contributed by atoms with van der Waals surface area (Å²) in [6.45, 7) is 4.02. The molecule has 1 aromatic carbocycles. The number of carbonyl (C=O) groups is 1. The summed E-state index contributed by atoms with van der Waals surface area (Å²) in [4.78, 5) is 11.3. The van der Waals surface area contributed by atoms with E-state index in [0.717, 1.165) is 16.7 Å². The van der Waals surface area contributed by atoms with Crippen molar-refractivity contribution in [3.05, 3.63) is 34.4 Å². The minimum atomic E-state index is -0.336. The Morgan fingerprint density at radius 2 is 2.07 bits per heavy atom. The van der Waals surface area contributed by atoms with Gasteiger partial charge < -0.3 is 9.84 Å². The molecule has 0 radical (unpaired) electrons. The second-order valence-electron chi connectivity index (χ2n) is 3.54. The maximum Gasteiger partial charge on any atom is 0.337 e. The molecule has 0 aliphatic carbocycles. The number of hydrogen-bond acceptors (Lipinski definition) is 3. The van der Waals surface area contributed by atoms with Gasteiger partial charge in [-0.3, -0.25) is 0 Å². The summed E-state index contributed by atoms with van der Waals surface area (Å²) < 4.78 is 4.66. The quantitative estimate of drug-likeness (QED) is 0.768. The molecule has 1 N–H and O–H groups in total. The molecule has 0 fully saturated rings. The Morgan fingerprint density at radius 1 is 1.40 bits per heavy atom. The Morgan fingerprint density at radius 3 is 2.60 bits per heavy atom. The number of hydrogen-bond donors (Lipinski definition) is 1. The third-order valence-corrected chi connectivity index (χ3v) is 2.58. The van der Waals surface area contributed by atoms with Crippen LogP contribution in [-0.4, -0.2) is 24.8 Å². The molecule has 15 heavy (non-hydrogen) atoms. The average molecular weight is 208 g/mol. The summed E-state index contributed by atoms with van der Waals surface area (Å²) in [6.07, 6.45) is 0.567. The van der Waals surface area contributed by atoms with Crippen LogP contribution in [-0.2, 0) is 11.2 Å². The van der Waals surface area contributed by atoms with Crippen molar-refractivity contribution in [2.45, 2.75) is 20.3 Å². The summed E-state index contributed by atoms with van der Waals surface area (Å²) in [5, 5.41) is 8.91. The van der Waals surface area contributed by atoms with Gasteiger partial charge in [-0.2, -0.15) is 0 Å². The van der Waals surface area contributed by atoms with Gasteiger partial charge >= 0.3 is 5.97 Å². The maximum absolute atomic E-state index is 11.3. The molecule has 3 nitrogen and oxygen atoms in total. The van der Waals surface area contributed by atoms with Crippen molar-refractivity contribution in [1.82, 2.24) is 0 Å². The molecule has 0 aliphatic rings. The summed E-state index contributed by atoms with van der Waals surface area (Å²) >= 11 is 0. The number of aryl methyl sites for hydroxylation is 1. The lowest BCUT2D eigenvalue weighted by atomic mass is 9.98. The SMILES string of the molecule is COC(=O)c1cc(C)c(C)c(CCO)c1. The van der Waals surface area contributed by atoms with Crippen molar-refractivity contribution in [3.63, 3.8) is 0 Å². The van der Waals surface area contributed by atoms with Gasteiger partial charge in [0.05, 0.1) is 12.7 Å². The number of aliphatic hydroxyl groups is 1. The lowest BCUT2D eigenvalue weighted by Gasteiger charge is -2.10. The van der Waals surface area contributed by atoms with Crippen molar-refractivity contribution < 1.29 is 14.6 Å². The van der Waals surface area contributed by atoms with Crippen LogP contribution in [0.4, 0.5) is 0 Å². The first kappa shape index (κ1) is 11.7. The van der Waals surface area contributed by atoms with Gasteiger partial charge in [-0.1, -0.05) is 0 Å². The van der Waals surface area contributed by atoms with Crippen molar-refractivity contribution in [2.75, 3.05) is 13.7 Å². The predicted molar refractivity (Wildman–Crippen MR) is 58.0 cm³/mol. The van der Waals surface area contributed by atoms with E-state index in [1.807, 2.05) is 19.9 Å². The van der Waals surface area contributed by atoms with Gasteiger partial charge in [-0.25, -0.2) is 4.79 Å². The van der Waals surface area contributed by atoms with E-state index in [0.29, 0.717) is 12.0 Å². The molecule has 1 rings (SSSR count). The Kier molecular flexibility index (Phi) is 3.86. The van der Waals surface area contributed by atoms with Crippen LogP contribution in [0.3, 0.4) is 0 Å². The number of aliphatic hydroxyl groups excluding tert-OH is 1. The van der Waals surface area contributed by atoms with E-state index in [1.165, 1.54) is 7.11 Å². The first-order chi connectivity index (χ1) is 7.10. The van der Waals surface area contributed by atoms with Gasteiger partial charge in [-0.05, 0) is 49.1 Å². The molecule has 0 heterocycles. The van der Waals surface area contributed by atoms with Crippen LogP contribution < -0.4 is 0 Å². The van der Waals surface area contributed by atoms with Crippen molar-refractivity contribution in [1.29, 1.82) is 0 Å². The summed E-state index contributed by atoms with van der Waals surface area (Å²) in [6, 6.07) is 3.59. The van der Waals surface area contributed by atoms with E-state index >= 15 is 0 Å². The van der Waals surface area contributed by atoms with Crippen LogP contribution in [0.5, 0.6) is 0 Å². The van der Waals surface area contributed by atoms with Gasteiger partial charge in [0.25, 0.3) is 0 Å². The van der Waals surface area contributed by atoms with E-state index in [9.17, 15) is 4.79 Å². The molecule has 82 valence electrons. The van der Waals surface area contributed by atoms with Crippen LogP contribution in [0, 0.1) is 13.8 Å². The Labute approximate surface area is 89.7 Å². The highest BCUT2D eigenvalue weighted by molar-refractivity contribution is 5.90. The molecule has 3 heteroatoms. The predicted octanol–water partition coefficient (Wildman–Crippen LogP) is 1.62. The molecule has 0 atom stereocenters. The molecule has 1 aromatic rings. The van der Waals surface area contributed by atoms with Gasteiger partial charge in [0, 0.05) is 6.61 Å². The Hall–Kier alpha value is -1.35. The lowest BCUT2D eigenvalue weighted by molar-refractivity contribution is 0.0600. The fraction of sp³-hybridized carbons (Fsp3) is 0.417. The molecule has 0 unspecified atom stereocenters. The number of carbonyl (C=O) groups excluding carboxylic acids is 1.